The number of H-pyrrole nitrogens is 1. The van der Waals surface area contributed by atoms with Gasteiger partial charge in [-0.05, 0) is 55.3 Å². The number of hydrogen-bond donors (Lipinski definition) is 1. The molecule has 0 spiro atoms. The minimum absolute atomic E-state index is 0.0360. The molecule has 1 N–H and O–H groups in total. The summed E-state index contributed by atoms with van der Waals surface area (Å²) in [6.07, 6.45) is 3.31. The highest BCUT2D eigenvalue weighted by atomic mass is 16.6. The standard InChI is InChI=1S/C19H16N2O3/c1-12-3-9-16-17(10-4-13(2)22)19(20-18(16)11-12)14-5-7-15(8-6-14)21(23)24/h3-11,20H,1-2H3/b10-4+. The van der Waals surface area contributed by atoms with Crippen LogP contribution in [0.2, 0.25) is 0 Å². The maximum atomic E-state index is 11.3. The molecule has 0 amide bonds. The Bertz CT molecular complexity index is 966. The van der Waals surface area contributed by atoms with Crippen LogP contribution in [0.4, 0.5) is 5.69 Å². The van der Waals surface area contributed by atoms with Crippen molar-refractivity contribution in [2.75, 3.05) is 0 Å². The number of benzene rings is 2. The van der Waals surface area contributed by atoms with Gasteiger partial charge in [-0.15, -0.1) is 0 Å². The van der Waals surface area contributed by atoms with Crippen molar-refractivity contribution in [1.82, 2.24) is 4.98 Å². The molecular formula is C19H16N2O3. The molecule has 0 radical (unpaired) electrons. The number of rotatable bonds is 4. The van der Waals surface area contributed by atoms with E-state index >= 15 is 0 Å². The number of allylic oxidation sites excluding steroid dienone is 1. The quantitative estimate of drug-likeness (QED) is 0.432. The van der Waals surface area contributed by atoms with Crippen molar-refractivity contribution >= 4 is 28.4 Å². The van der Waals surface area contributed by atoms with Gasteiger partial charge in [0.1, 0.15) is 0 Å². The lowest BCUT2D eigenvalue weighted by Gasteiger charge is -2.01. The number of carbonyl (C=O) groups excluding carboxylic acids is 1. The SMILES string of the molecule is CC(=O)/C=C/c1c(-c2ccc([N+](=O)[O-])cc2)[nH]c2cc(C)ccc12. The number of aryl methyl sites for hydroxylation is 1. The number of aromatic amines is 1. The summed E-state index contributed by atoms with van der Waals surface area (Å²) in [7, 11) is 0. The summed E-state index contributed by atoms with van der Waals surface area (Å²) in [5.41, 5.74) is 4.70. The second-order valence-electron chi connectivity index (χ2n) is 5.71. The van der Waals surface area contributed by atoms with E-state index in [0.29, 0.717) is 0 Å². The van der Waals surface area contributed by atoms with Crippen LogP contribution in [0.3, 0.4) is 0 Å². The van der Waals surface area contributed by atoms with E-state index in [4.69, 9.17) is 0 Å². The van der Waals surface area contributed by atoms with E-state index in [9.17, 15) is 14.9 Å². The van der Waals surface area contributed by atoms with Gasteiger partial charge in [0, 0.05) is 28.6 Å². The zero-order valence-electron chi connectivity index (χ0n) is 13.4. The molecular weight excluding hydrogens is 304 g/mol. The lowest BCUT2D eigenvalue weighted by atomic mass is 10.0. The highest BCUT2D eigenvalue weighted by Crippen LogP contribution is 2.32. The van der Waals surface area contributed by atoms with Crippen molar-refractivity contribution in [2.24, 2.45) is 0 Å². The molecule has 0 saturated heterocycles. The number of non-ortho nitro benzene ring substituents is 1. The van der Waals surface area contributed by atoms with Gasteiger partial charge in [0.05, 0.1) is 10.6 Å². The fourth-order valence-corrected chi connectivity index (χ4v) is 2.68. The van der Waals surface area contributed by atoms with Crippen LogP contribution in [-0.4, -0.2) is 15.7 Å². The molecule has 0 saturated carbocycles. The topological polar surface area (TPSA) is 76.0 Å². The molecule has 3 aromatic rings. The van der Waals surface area contributed by atoms with Crippen LogP contribution in [-0.2, 0) is 4.79 Å². The first kappa shape index (κ1) is 15.7. The third-order valence-corrected chi connectivity index (χ3v) is 3.85. The first-order valence-electron chi connectivity index (χ1n) is 7.51. The van der Waals surface area contributed by atoms with Crippen molar-refractivity contribution in [3.63, 3.8) is 0 Å². The summed E-state index contributed by atoms with van der Waals surface area (Å²) < 4.78 is 0. The van der Waals surface area contributed by atoms with Crippen LogP contribution in [0, 0.1) is 17.0 Å². The van der Waals surface area contributed by atoms with Gasteiger partial charge in [-0.3, -0.25) is 14.9 Å². The number of nitrogens with one attached hydrogen (secondary N) is 1. The molecule has 0 aliphatic heterocycles. The summed E-state index contributed by atoms with van der Waals surface area (Å²) in [5.74, 6) is -0.0360. The average Bonchev–Trinajstić information content (AvgIpc) is 2.90. The van der Waals surface area contributed by atoms with Crippen molar-refractivity contribution in [3.05, 3.63) is 69.8 Å². The van der Waals surface area contributed by atoms with Crippen LogP contribution in [0.25, 0.3) is 28.2 Å². The Labute approximate surface area is 138 Å². The largest absolute Gasteiger partial charge is 0.354 e. The van der Waals surface area contributed by atoms with E-state index in [1.54, 1.807) is 18.2 Å². The van der Waals surface area contributed by atoms with Gasteiger partial charge in [0.15, 0.2) is 5.78 Å². The molecule has 120 valence electrons. The van der Waals surface area contributed by atoms with Crippen molar-refractivity contribution in [1.29, 1.82) is 0 Å². The number of nitrogens with zero attached hydrogens (tertiary/aromatic N) is 1. The molecule has 2 aromatic carbocycles. The maximum absolute atomic E-state index is 11.3. The highest BCUT2D eigenvalue weighted by molar-refractivity contribution is 6.01. The van der Waals surface area contributed by atoms with Crippen molar-refractivity contribution in [2.45, 2.75) is 13.8 Å². The minimum atomic E-state index is -0.422. The van der Waals surface area contributed by atoms with Gasteiger partial charge in [-0.1, -0.05) is 12.1 Å². The number of fused-ring (bicyclic) bond motifs is 1. The predicted molar refractivity (Wildman–Crippen MR) is 94.8 cm³/mol. The summed E-state index contributed by atoms with van der Waals surface area (Å²) in [4.78, 5) is 25.1. The molecule has 0 aliphatic carbocycles. The smallest absolute Gasteiger partial charge is 0.269 e. The molecule has 0 unspecified atom stereocenters. The van der Waals surface area contributed by atoms with Crippen molar-refractivity contribution < 1.29 is 9.72 Å². The summed E-state index contributed by atoms with van der Waals surface area (Å²) in [6.45, 7) is 3.51. The Kier molecular flexibility index (Phi) is 4.00. The molecule has 24 heavy (non-hydrogen) atoms. The van der Waals surface area contributed by atoms with Gasteiger partial charge in [0.25, 0.3) is 5.69 Å². The van der Waals surface area contributed by atoms with Crippen LogP contribution >= 0.6 is 0 Å². The van der Waals surface area contributed by atoms with Crippen LogP contribution in [0.1, 0.15) is 18.1 Å². The monoisotopic (exact) mass is 320 g/mol. The Hall–Kier alpha value is -3.21. The van der Waals surface area contributed by atoms with E-state index in [0.717, 1.165) is 33.3 Å². The molecule has 0 bridgehead atoms. The average molecular weight is 320 g/mol. The third kappa shape index (κ3) is 2.96. The summed E-state index contributed by atoms with van der Waals surface area (Å²) in [6, 6.07) is 12.4. The number of carbonyl (C=O) groups is 1. The van der Waals surface area contributed by atoms with E-state index in [-0.39, 0.29) is 11.5 Å². The molecule has 0 atom stereocenters. The summed E-state index contributed by atoms with van der Waals surface area (Å²) >= 11 is 0. The van der Waals surface area contributed by atoms with Gasteiger partial charge in [-0.25, -0.2) is 0 Å². The molecule has 5 heteroatoms. The van der Waals surface area contributed by atoms with E-state index in [2.05, 4.69) is 4.98 Å². The second-order valence-corrected chi connectivity index (χ2v) is 5.71. The zero-order valence-corrected chi connectivity index (χ0v) is 13.4. The fourth-order valence-electron chi connectivity index (χ4n) is 2.68. The number of hydrogen-bond acceptors (Lipinski definition) is 3. The Balaban J connectivity index is 2.20. The number of nitro groups is 1. The molecule has 3 rings (SSSR count). The first-order chi connectivity index (χ1) is 11.5. The van der Waals surface area contributed by atoms with Crippen LogP contribution < -0.4 is 0 Å². The lowest BCUT2D eigenvalue weighted by Crippen LogP contribution is -1.88. The van der Waals surface area contributed by atoms with E-state index < -0.39 is 4.92 Å². The van der Waals surface area contributed by atoms with Gasteiger partial charge < -0.3 is 4.98 Å². The van der Waals surface area contributed by atoms with Crippen molar-refractivity contribution in [3.8, 4) is 11.3 Å². The first-order valence-corrected chi connectivity index (χ1v) is 7.51. The van der Waals surface area contributed by atoms with Crippen LogP contribution in [0.5, 0.6) is 0 Å². The Morgan fingerprint density at radius 1 is 1.17 bits per heavy atom. The number of nitro benzene ring substituents is 1. The third-order valence-electron chi connectivity index (χ3n) is 3.85. The normalized spacial score (nSPS) is 11.2. The Morgan fingerprint density at radius 3 is 2.50 bits per heavy atom. The molecule has 5 nitrogen and oxygen atoms in total. The van der Waals surface area contributed by atoms with Gasteiger partial charge in [-0.2, -0.15) is 0 Å². The molecule has 0 fully saturated rings. The second kappa shape index (κ2) is 6.12. The minimum Gasteiger partial charge on any atom is -0.354 e. The fraction of sp³-hybridized carbons (Fsp3) is 0.105. The lowest BCUT2D eigenvalue weighted by molar-refractivity contribution is -0.384. The maximum Gasteiger partial charge on any atom is 0.269 e. The Morgan fingerprint density at radius 2 is 1.88 bits per heavy atom. The zero-order chi connectivity index (χ0) is 17.3. The number of aromatic nitrogens is 1. The summed E-state index contributed by atoms with van der Waals surface area (Å²) in [5, 5.41) is 11.8. The molecule has 1 heterocycles. The van der Waals surface area contributed by atoms with E-state index in [1.165, 1.54) is 25.1 Å². The van der Waals surface area contributed by atoms with Gasteiger partial charge >= 0.3 is 0 Å². The highest BCUT2D eigenvalue weighted by Gasteiger charge is 2.13. The van der Waals surface area contributed by atoms with Crippen LogP contribution in [0.15, 0.2) is 48.5 Å². The van der Waals surface area contributed by atoms with E-state index in [1.807, 2.05) is 25.1 Å². The molecule has 1 aromatic heterocycles. The number of ketones is 1. The van der Waals surface area contributed by atoms with Gasteiger partial charge in [0.2, 0.25) is 0 Å². The molecule has 0 aliphatic rings. The predicted octanol–water partition coefficient (Wildman–Crippen LogP) is 4.65.